The third-order valence-corrected chi connectivity index (χ3v) is 5.54. The Kier molecular flexibility index (Phi) is 5.33. The van der Waals surface area contributed by atoms with Crippen LogP contribution in [0.1, 0.15) is 21.7 Å². The Bertz CT molecular complexity index is 1660. The van der Waals surface area contributed by atoms with E-state index in [0.29, 0.717) is 22.1 Å². The van der Waals surface area contributed by atoms with Gasteiger partial charge in [0.25, 0.3) is 11.5 Å². The molecule has 2 aromatic heterocycles. The summed E-state index contributed by atoms with van der Waals surface area (Å²) in [6.45, 7) is 2.13. The molecular weight excluding hydrogens is 464 g/mol. The number of fused-ring (bicyclic) bond motifs is 3. The summed E-state index contributed by atoms with van der Waals surface area (Å²) in [5.41, 5.74) is 2.13. The molecule has 0 radical (unpaired) electrons. The Morgan fingerprint density at radius 2 is 1.88 bits per heavy atom. The van der Waals surface area contributed by atoms with Gasteiger partial charge in [-0.15, -0.1) is 5.10 Å². The number of anilines is 1. The number of rotatable bonds is 4. The fourth-order valence-corrected chi connectivity index (χ4v) is 3.93. The predicted octanol–water partition coefficient (Wildman–Crippen LogP) is 4.58. The average molecular weight is 480 g/mol. The van der Waals surface area contributed by atoms with Gasteiger partial charge in [-0.2, -0.15) is 4.98 Å². The van der Waals surface area contributed by atoms with Gasteiger partial charge in [-0.1, -0.05) is 29.8 Å². The molecule has 5 rings (SSSR count). The van der Waals surface area contributed by atoms with Gasteiger partial charge < -0.3 is 5.32 Å². The second-order valence-electron chi connectivity index (χ2n) is 7.76. The molecule has 0 saturated carbocycles. The number of aromatic nitrogens is 4. The van der Waals surface area contributed by atoms with E-state index in [9.17, 15) is 18.4 Å². The van der Waals surface area contributed by atoms with Crippen molar-refractivity contribution in [2.24, 2.45) is 0 Å². The molecule has 0 bridgehead atoms. The molecule has 0 aliphatic rings. The Morgan fingerprint density at radius 1 is 1.06 bits per heavy atom. The summed E-state index contributed by atoms with van der Waals surface area (Å²) >= 11 is 6.11. The molecule has 10 heteroatoms. The van der Waals surface area contributed by atoms with Gasteiger partial charge in [0.2, 0.25) is 11.5 Å². The van der Waals surface area contributed by atoms with E-state index in [1.54, 1.807) is 28.8 Å². The highest BCUT2D eigenvalue weighted by molar-refractivity contribution is 6.30. The highest BCUT2D eigenvalue weighted by Gasteiger charge is 2.20. The highest BCUT2D eigenvalue weighted by Crippen LogP contribution is 2.20. The molecule has 0 spiro atoms. The number of nitrogens with one attached hydrogen (secondary N) is 1. The number of carbonyl (C=O) groups excluding carboxylic acids is 1. The van der Waals surface area contributed by atoms with Crippen LogP contribution in [-0.4, -0.2) is 25.1 Å². The lowest BCUT2D eigenvalue weighted by Crippen LogP contribution is -2.24. The fourth-order valence-electron chi connectivity index (χ4n) is 3.72. The summed E-state index contributed by atoms with van der Waals surface area (Å²) in [7, 11) is 0. The SMILES string of the molecule is Cc1ccc2c(c1)n(Cc1cccc(Cl)c1)c(=O)c1nc(C(=O)Nc3ccc(F)cc3F)nn12. The van der Waals surface area contributed by atoms with E-state index < -0.39 is 23.1 Å². The van der Waals surface area contributed by atoms with Gasteiger partial charge in [-0.25, -0.2) is 13.3 Å². The molecule has 2 heterocycles. The molecule has 34 heavy (non-hydrogen) atoms. The second-order valence-corrected chi connectivity index (χ2v) is 8.20. The van der Waals surface area contributed by atoms with E-state index in [1.165, 1.54) is 4.52 Å². The van der Waals surface area contributed by atoms with Gasteiger partial charge in [0.15, 0.2) is 0 Å². The van der Waals surface area contributed by atoms with Gasteiger partial charge in [0, 0.05) is 11.1 Å². The van der Waals surface area contributed by atoms with Crippen molar-refractivity contribution in [3.63, 3.8) is 0 Å². The number of carbonyl (C=O) groups is 1. The van der Waals surface area contributed by atoms with E-state index in [0.717, 1.165) is 23.3 Å². The van der Waals surface area contributed by atoms with Crippen LogP contribution in [0.15, 0.2) is 65.5 Å². The van der Waals surface area contributed by atoms with Gasteiger partial charge in [-0.3, -0.25) is 14.2 Å². The van der Waals surface area contributed by atoms with E-state index in [1.807, 2.05) is 25.1 Å². The summed E-state index contributed by atoms with van der Waals surface area (Å²) in [4.78, 5) is 30.2. The van der Waals surface area contributed by atoms with E-state index >= 15 is 0 Å². The van der Waals surface area contributed by atoms with E-state index in [-0.39, 0.29) is 23.7 Å². The quantitative estimate of drug-likeness (QED) is 0.409. The topological polar surface area (TPSA) is 81.3 Å². The van der Waals surface area contributed by atoms with Crippen LogP contribution in [0.2, 0.25) is 5.02 Å². The van der Waals surface area contributed by atoms with Gasteiger partial charge in [-0.05, 0) is 54.4 Å². The smallest absolute Gasteiger partial charge is 0.296 e. The van der Waals surface area contributed by atoms with Crippen LogP contribution in [0.5, 0.6) is 0 Å². The Morgan fingerprint density at radius 3 is 2.65 bits per heavy atom. The Hall–Kier alpha value is -4.11. The normalized spacial score (nSPS) is 11.3. The highest BCUT2D eigenvalue weighted by atomic mass is 35.5. The fraction of sp³-hybridized carbons (Fsp3) is 0.0833. The first kappa shape index (κ1) is 21.7. The third kappa shape index (κ3) is 3.90. The number of amides is 1. The minimum atomic E-state index is -0.943. The van der Waals surface area contributed by atoms with Crippen molar-refractivity contribution >= 4 is 39.9 Å². The van der Waals surface area contributed by atoms with Gasteiger partial charge in [0.05, 0.1) is 23.3 Å². The van der Waals surface area contributed by atoms with Gasteiger partial charge in [0.1, 0.15) is 11.6 Å². The first-order chi connectivity index (χ1) is 16.3. The number of aryl methyl sites for hydroxylation is 1. The summed E-state index contributed by atoms with van der Waals surface area (Å²) in [5, 5.41) is 7.05. The monoisotopic (exact) mass is 479 g/mol. The third-order valence-electron chi connectivity index (χ3n) is 5.31. The molecule has 0 fully saturated rings. The zero-order valence-corrected chi connectivity index (χ0v) is 18.5. The molecule has 170 valence electrons. The minimum Gasteiger partial charge on any atom is -0.317 e. The van der Waals surface area contributed by atoms with Crippen LogP contribution in [-0.2, 0) is 6.54 Å². The lowest BCUT2D eigenvalue weighted by atomic mass is 10.2. The summed E-state index contributed by atoms with van der Waals surface area (Å²) < 4.78 is 30.0. The molecular formula is C24H16ClF2N5O2. The number of halogens is 3. The van der Waals surface area contributed by atoms with E-state index in [2.05, 4.69) is 15.4 Å². The zero-order valence-electron chi connectivity index (χ0n) is 17.7. The van der Waals surface area contributed by atoms with Crippen molar-refractivity contribution in [1.82, 2.24) is 19.2 Å². The predicted molar refractivity (Wildman–Crippen MR) is 124 cm³/mol. The standard InChI is InChI=1S/C24H16ClF2N5O2/c1-13-5-8-19-20(9-13)31(12-14-3-2-4-15(25)10-14)24(34)22-29-21(30-32(19)22)23(33)28-18-7-6-16(26)11-17(18)27/h2-11H,12H2,1H3,(H,28,33). The molecule has 3 aromatic carbocycles. The maximum absolute atomic E-state index is 14.0. The molecule has 1 N–H and O–H groups in total. The summed E-state index contributed by atoms with van der Waals surface area (Å²) in [5.74, 6) is -2.89. The van der Waals surface area contributed by atoms with Gasteiger partial charge >= 0.3 is 0 Å². The van der Waals surface area contributed by atoms with Crippen molar-refractivity contribution in [2.45, 2.75) is 13.5 Å². The first-order valence-electron chi connectivity index (χ1n) is 10.2. The molecule has 0 atom stereocenters. The van der Waals surface area contributed by atoms with Crippen molar-refractivity contribution in [1.29, 1.82) is 0 Å². The number of benzene rings is 3. The Balaban J connectivity index is 1.64. The number of nitrogens with zero attached hydrogens (tertiary/aromatic N) is 4. The van der Waals surface area contributed by atoms with Crippen LogP contribution < -0.4 is 10.9 Å². The van der Waals surface area contributed by atoms with Crippen LogP contribution in [0.3, 0.4) is 0 Å². The molecule has 0 saturated heterocycles. The van der Waals surface area contributed by atoms with Crippen molar-refractivity contribution < 1.29 is 13.6 Å². The number of hydrogen-bond donors (Lipinski definition) is 1. The molecule has 7 nitrogen and oxygen atoms in total. The lowest BCUT2D eigenvalue weighted by Gasteiger charge is -2.12. The van der Waals surface area contributed by atoms with Crippen molar-refractivity contribution in [2.75, 3.05) is 5.32 Å². The summed E-state index contributed by atoms with van der Waals surface area (Å²) in [6.07, 6.45) is 0. The lowest BCUT2D eigenvalue weighted by molar-refractivity contribution is 0.101. The van der Waals surface area contributed by atoms with Crippen molar-refractivity contribution in [3.05, 3.63) is 105 Å². The van der Waals surface area contributed by atoms with Crippen LogP contribution in [0.4, 0.5) is 14.5 Å². The number of hydrogen-bond acceptors (Lipinski definition) is 4. The summed E-state index contributed by atoms with van der Waals surface area (Å²) in [6, 6.07) is 15.4. The maximum Gasteiger partial charge on any atom is 0.296 e. The molecule has 1 amide bonds. The van der Waals surface area contributed by atoms with Crippen LogP contribution in [0, 0.1) is 18.6 Å². The molecule has 0 aliphatic heterocycles. The van der Waals surface area contributed by atoms with Crippen molar-refractivity contribution in [3.8, 4) is 0 Å². The van der Waals surface area contributed by atoms with Crippen LogP contribution >= 0.6 is 11.6 Å². The molecule has 0 aliphatic carbocycles. The molecule has 5 aromatic rings. The average Bonchev–Trinajstić information content (AvgIpc) is 3.24. The van der Waals surface area contributed by atoms with E-state index in [4.69, 9.17) is 11.6 Å². The molecule has 0 unspecified atom stereocenters. The zero-order chi connectivity index (χ0) is 24.0. The second kappa shape index (κ2) is 8.35. The van der Waals surface area contributed by atoms with Crippen LogP contribution in [0.25, 0.3) is 16.7 Å². The largest absolute Gasteiger partial charge is 0.317 e. The first-order valence-corrected chi connectivity index (χ1v) is 10.6. The Labute approximate surface area is 196 Å². The maximum atomic E-state index is 14.0. The minimum absolute atomic E-state index is 0.0666.